The van der Waals surface area contributed by atoms with Crippen LogP contribution in [0.3, 0.4) is 0 Å². The van der Waals surface area contributed by atoms with Crippen LogP contribution in [0.15, 0.2) is 60.0 Å². The molecule has 34 heavy (non-hydrogen) atoms. The zero-order valence-electron chi connectivity index (χ0n) is 18.9. The van der Waals surface area contributed by atoms with Crippen LogP contribution < -0.4 is 10.2 Å². The third-order valence-corrected chi connectivity index (χ3v) is 6.73. The summed E-state index contributed by atoms with van der Waals surface area (Å²) < 4.78 is 19.4. The van der Waals surface area contributed by atoms with Crippen LogP contribution in [0.5, 0.6) is 0 Å². The number of anilines is 2. The van der Waals surface area contributed by atoms with Gasteiger partial charge in [-0.15, -0.1) is 11.3 Å². The second-order valence-electron chi connectivity index (χ2n) is 8.34. The van der Waals surface area contributed by atoms with Gasteiger partial charge >= 0.3 is 5.97 Å². The van der Waals surface area contributed by atoms with E-state index in [1.807, 2.05) is 48.7 Å². The van der Waals surface area contributed by atoms with Crippen molar-refractivity contribution >= 4 is 40.5 Å². The fraction of sp³-hybridized carbons (Fsp3) is 0.269. The molecule has 1 aliphatic rings. The van der Waals surface area contributed by atoms with E-state index in [0.717, 1.165) is 16.0 Å². The van der Waals surface area contributed by atoms with Crippen molar-refractivity contribution in [3.8, 4) is 0 Å². The summed E-state index contributed by atoms with van der Waals surface area (Å²) in [6.45, 7) is 3.17. The first-order valence-electron chi connectivity index (χ1n) is 11.0. The zero-order chi connectivity index (χ0) is 24.2. The number of carbonyl (C=O) groups is 3. The normalized spacial score (nSPS) is 18.0. The van der Waals surface area contributed by atoms with Crippen molar-refractivity contribution in [1.82, 2.24) is 0 Å². The molecule has 1 fully saturated rings. The van der Waals surface area contributed by atoms with E-state index in [-0.39, 0.29) is 18.0 Å². The molecule has 2 heterocycles. The number of halogens is 1. The molecule has 2 atom stereocenters. The van der Waals surface area contributed by atoms with Gasteiger partial charge in [-0.25, -0.2) is 4.39 Å². The molecule has 6 nitrogen and oxygen atoms in total. The number of rotatable bonds is 6. The first-order valence-corrected chi connectivity index (χ1v) is 11.9. The molecule has 0 aliphatic carbocycles. The van der Waals surface area contributed by atoms with E-state index in [1.165, 1.54) is 23.5 Å². The van der Waals surface area contributed by atoms with Crippen molar-refractivity contribution in [2.45, 2.75) is 32.7 Å². The molecule has 0 bridgehead atoms. The second-order valence-corrected chi connectivity index (χ2v) is 9.32. The summed E-state index contributed by atoms with van der Waals surface area (Å²) in [7, 11) is 0. The lowest BCUT2D eigenvalue weighted by Gasteiger charge is -2.39. The van der Waals surface area contributed by atoms with Gasteiger partial charge in [0.05, 0.1) is 17.6 Å². The van der Waals surface area contributed by atoms with Gasteiger partial charge in [-0.05, 0) is 61.5 Å². The predicted molar refractivity (Wildman–Crippen MR) is 129 cm³/mol. The van der Waals surface area contributed by atoms with Crippen LogP contribution in [0.1, 0.15) is 34.9 Å². The maximum absolute atomic E-state index is 14.0. The van der Waals surface area contributed by atoms with Gasteiger partial charge in [0.2, 0.25) is 5.91 Å². The monoisotopic (exact) mass is 480 g/mol. The molecule has 0 spiro atoms. The standard InChI is InChI=1S/C26H25FN2O4S/c1-16-5-8-18(9-6-16)29-24(31)12-10-19(25(29)22-4-3-13-34-22)26(32)33-15-23(30)28-21-11-7-17(2)14-20(21)27/h3-9,11,13-14,19,25H,10,12,15H2,1-2H3,(H,28,30). The van der Waals surface area contributed by atoms with Crippen LogP contribution in [-0.2, 0) is 19.1 Å². The third kappa shape index (κ3) is 5.17. The van der Waals surface area contributed by atoms with E-state index in [4.69, 9.17) is 4.74 Å². The van der Waals surface area contributed by atoms with Gasteiger partial charge in [-0.2, -0.15) is 0 Å². The first kappa shape index (κ1) is 23.6. The molecule has 2 unspecified atom stereocenters. The minimum absolute atomic E-state index is 0.0249. The summed E-state index contributed by atoms with van der Waals surface area (Å²) in [6, 6.07) is 15.3. The summed E-state index contributed by atoms with van der Waals surface area (Å²) in [4.78, 5) is 40.9. The second kappa shape index (κ2) is 10.2. The summed E-state index contributed by atoms with van der Waals surface area (Å²) in [6.07, 6.45) is 0.507. The molecule has 8 heteroatoms. The lowest BCUT2D eigenvalue weighted by atomic mass is 9.87. The fourth-order valence-corrected chi connectivity index (χ4v) is 4.97. The van der Waals surface area contributed by atoms with Crippen LogP contribution >= 0.6 is 11.3 Å². The highest BCUT2D eigenvalue weighted by atomic mass is 32.1. The van der Waals surface area contributed by atoms with E-state index in [1.54, 1.807) is 17.9 Å². The van der Waals surface area contributed by atoms with Crippen LogP contribution in [0.25, 0.3) is 0 Å². The van der Waals surface area contributed by atoms with Gasteiger partial charge in [0.15, 0.2) is 6.61 Å². The maximum atomic E-state index is 14.0. The Labute approximate surface area is 201 Å². The molecule has 0 radical (unpaired) electrons. The van der Waals surface area contributed by atoms with Crippen molar-refractivity contribution in [3.05, 3.63) is 81.8 Å². The fourth-order valence-electron chi connectivity index (χ4n) is 4.09. The number of benzene rings is 2. The Hall–Kier alpha value is -3.52. The Morgan fingerprint density at radius 1 is 1.12 bits per heavy atom. The van der Waals surface area contributed by atoms with E-state index in [0.29, 0.717) is 12.1 Å². The Bertz CT molecular complexity index is 1190. The van der Waals surface area contributed by atoms with E-state index >= 15 is 0 Å². The number of nitrogens with one attached hydrogen (secondary N) is 1. The van der Waals surface area contributed by atoms with Crippen LogP contribution in [-0.4, -0.2) is 24.4 Å². The number of aryl methyl sites for hydroxylation is 2. The Kier molecular flexibility index (Phi) is 7.07. The molecule has 1 N–H and O–H groups in total. The number of hydrogen-bond donors (Lipinski definition) is 1. The van der Waals surface area contributed by atoms with E-state index in [2.05, 4.69) is 5.32 Å². The van der Waals surface area contributed by atoms with Crippen molar-refractivity contribution in [2.24, 2.45) is 5.92 Å². The highest BCUT2D eigenvalue weighted by Gasteiger charge is 2.43. The summed E-state index contributed by atoms with van der Waals surface area (Å²) in [5.41, 5.74) is 2.52. The highest BCUT2D eigenvalue weighted by molar-refractivity contribution is 7.10. The molecule has 3 aromatic rings. The number of thiophene rings is 1. The number of carbonyl (C=O) groups excluding carboxylic acids is 3. The number of amides is 2. The lowest BCUT2D eigenvalue weighted by molar-refractivity contribution is -0.153. The molecular weight excluding hydrogens is 455 g/mol. The summed E-state index contributed by atoms with van der Waals surface area (Å²) >= 11 is 1.46. The van der Waals surface area contributed by atoms with Gasteiger partial charge in [-0.3, -0.25) is 14.4 Å². The number of hydrogen-bond acceptors (Lipinski definition) is 5. The smallest absolute Gasteiger partial charge is 0.311 e. The highest BCUT2D eigenvalue weighted by Crippen LogP contribution is 2.42. The molecule has 176 valence electrons. The average Bonchev–Trinajstić information content (AvgIpc) is 3.34. The minimum atomic E-state index is -0.637. The average molecular weight is 481 g/mol. The Morgan fingerprint density at radius 3 is 2.53 bits per heavy atom. The summed E-state index contributed by atoms with van der Waals surface area (Å²) in [5.74, 6) is -2.47. The molecule has 1 saturated heterocycles. The van der Waals surface area contributed by atoms with Gasteiger partial charge in [0, 0.05) is 17.0 Å². The van der Waals surface area contributed by atoms with Crippen molar-refractivity contribution in [2.75, 3.05) is 16.8 Å². The number of nitrogens with zero attached hydrogens (tertiary/aromatic N) is 1. The van der Waals surface area contributed by atoms with Gasteiger partial charge < -0.3 is 15.0 Å². The molecular formula is C26H25FN2O4S. The van der Waals surface area contributed by atoms with Crippen molar-refractivity contribution in [1.29, 1.82) is 0 Å². The third-order valence-electron chi connectivity index (χ3n) is 5.79. The van der Waals surface area contributed by atoms with Crippen LogP contribution in [0, 0.1) is 25.6 Å². The molecule has 0 saturated carbocycles. The van der Waals surface area contributed by atoms with E-state index in [9.17, 15) is 18.8 Å². The maximum Gasteiger partial charge on any atom is 0.311 e. The molecule has 1 aliphatic heterocycles. The van der Waals surface area contributed by atoms with E-state index < -0.39 is 36.3 Å². The van der Waals surface area contributed by atoms with Crippen LogP contribution in [0.4, 0.5) is 15.8 Å². The Balaban J connectivity index is 1.50. The lowest BCUT2D eigenvalue weighted by Crippen LogP contribution is -2.46. The molecule has 2 aromatic carbocycles. The molecule has 1 aromatic heterocycles. The van der Waals surface area contributed by atoms with Gasteiger partial charge in [0.1, 0.15) is 5.82 Å². The number of piperidine rings is 1. The Morgan fingerprint density at radius 2 is 1.85 bits per heavy atom. The first-order chi connectivity index (χ1) is 16.3. The van der Waals surface area contributed by atoms with Crippen molar-refractivity contribution in [3.63, 3.8) is 0 Å². The van der Waals surface area contributed by atoms with Gasteiger partial charge in [0.25, 0.3) is 5.91 Å². The molecule has 4 rings (SSSR count). The predicted octanol–water partition coefficient (Wildman–Crippen LogP) is 5.17. The minimum Gasteiger partial charge on any atom is -0.455 e. The van der Waals surface area contributed by atoms with Crippen LogP contribution in [0.2, 0.25) is 0 Å². The van der Waals surface area contributed by atoms with Gasteiger partial charge in [-0.1, -0.05) is 29.8 Å². The largest absolute Gasteiger partial charge is 0.455 e. The SMILES string of the molecule is Cc1ccc(N2C(=O)CCC(C(=O)OCC(=O)Nc3ccc(C)cc3F)C2c2cccs2)cc1. The molecule has 2 amide bonds. The topological polar surface area (TPSA) is 75.7 Å². The van der Waals surface area contributed by atoms with Crippen molar-refractivity contribution < 1.29 is 23.5 Å². The quantitative estimate of drug-likeness (QED) is 0.494. The zero-order valence-corrected chi connectivity index (χ0v) is 19.7. The number of esters is 1. The number of ether oxygens (including phenoxy) is 1. The summed E-state index contributed by atoms with van der Waals surface area (Å²) in [5, 5.41) is 4.32.